The zero-order valence-electron chi connectivity index (χ0n) is 15.9. The van der Waals surface area contributed by atoms with Crippen LogP contribution in [0, 0.1) is 11.8 Å². The molecule has 2 nitrogen and oxygen atoms in total. The SMILES string of the molecule is CC1CC(C)[C@@H](C)[C@H](OC2CCCCCCCCCCCC2)O1. The third kappa shape index (κ3) is 7.13. The molecule has 1 aliphatic heterocycles. The Bertz CT molecular complexity index is 290. The van der Waals surface area contributed by atoms with Crippen molar-refractivity contribution >= 4 is 0 Å². The van der Waals surface area contributed by atoms with E-state index in [-0.39, 0.29) is 6.29 Å². The number of rotatable bonds is 2. The Morgan fingerprint density at radius 3 is 1.70 bits per heavy atom. The fourth-order valence-electron chi connectivity index (χ4n) is 4.20. The zero-order chi connectivity index (χ0) is 16.5. The summed E-state index contributed by atoms with van der Waals surface area (Å²) in [7, 11) is 0. The molecule has 0 N–H and O–H groups in total. The van der Waals surface area contributed by atoms with E-state index in [0.29, 0.717) is 24.0 Å². The van der Waals surface area contributed by atoms with E-state index in [2.05, 4.69) is 20.8 Å². The van der Waals surface area contributed by atoms with Gasteiger partial charge in [0.25, 0.3) is 0 Å². The Hall–Kier alpha value is -0.0800. The van der Waals surface area contributed by atoms with Crippen LogP contribution < -0.4 is 0 Å². The summed E-state index contributed by atoms with van der Waals surface area (Å²) >= 11 is 0. The first-order valence-corrected chi connectivity index (χ1v) is 10.5. The largest absolute Gasteiger partial charge is 0.349 e. The van der Waals surface area contributed by atoms with Crippen molar-refractivity contribution in [2.45, 2.75) is 123 Å². The highest BCUT2D eigenvalue weighted by Gasteiger charge is 2.33. The molecule has 2 unspecified atom stereocenters. The molecule has 2 fully saturated rings. The maximum atomic E-state index is 6.50. The van der Waals surface area contributed by atoms with Crippen molar-refractivity contribution in [1.82, 2.24) is 0 Å². The van der Waals surface area contributed by atoms with Gasteiger partial charge in [-0.1, -0.05) is 78.1 Å². The molecule has 4 atom stereocenters. The molecule has 0 bridgehead atoms. The molecule has 2 heteroatoms. The van der Waals surface area contributed by atoms with Crippen molar-refractivity contribution < 1.29 is 9.47 Å². The van der Waals surface area contributed by atoms with Crippen molar-refractivity contribution in [3.05, 3.63) is 0 Å². The predicted octanol–water partition coefficient (Wildman–Crippen LogP) is 6.47. The molecule has 1 heterocycles. The molecule has 2 aliphatic rings. The van der Waals surface area contributed by atoms with Crippen molar-refractivity contribution in [2.75, 3.05) is 0 Å². The van der Waals surface area contributed by atoms with Gasteiger partial charge >= 0.3 is 0 Å². The predicted molar refractivity (Wildman–Crippen MR) is 97.6 cm³/mol. The first kappa shape index (κ1) is 19.2. The van der Waals surface area contributed by atoms with Gasteiger partial charge in [0.2, 0.25) is 0 Å². The van der Waals surface area contributed by atoms with Crippen LogP contribution in [0.4, 0.5) is 0 Å². The van der Waals surface area contributed by atoms with E-state index in [9.17, 15) is 0 Å². The van der Waals surface area contributed by atoms with Crippen LogP contribution in [-0.4, -0.2) is 18.5 Å². The highest BCUT2D eigenvalue weighted by Crippen LogP contribution is 2.32. The summed E-state index contributed by atoms with van der Waals surface area (Å²) in [4.78, 5) is 0. The summed E-state index contributed by atoms with van der Waals surface area (Å²) in [5.74, 6) is 1.23. The van der Waals surface area contributed by atoms with Crippen molar-refractivity contribution in [3.8, 4) is 0 Å². The second kappa shape index (κ2) is 10.7. The molecular weight excluding hydrogens is 284 g/mol. The van der Waals surface area contributed by atoms with Crippen LogP contribution in [0.1, 0.15) is 104 Å². The van der Waals surface area contributed by atoms with Crippen LogP contribution in [0.2, 0.25) is 0 Å². The molecule has 0 aromatic rings. The minimum atomic E-state index is 0.0226. The van der Waals surface area contributed by atoms with Crippen LogP contribution in [0.5, 0.6) is 0 Å². The molecule has 2 rings (SSSR count). The second-order valence-corrected chi connectivity index (χ2v) is 8.26. The molecule has 0 spiro atoms. The zero-order valence-corrected chi connectivity index (χ0v) is 15.9. The minimum absolute atomic E-state index is 0.0226. The Morgan fingerprint density at radius 1 is 0.696 bits per heavy atom. The van der Waals surface area contributed by atoms with E-state index < -0.39 is 0 Å². The number of hydrogen-bond donors (Lipinski definition) is 0. The lowest BCUT2D eigenvalue weighted by molar-refractivity contribution is -0.247. The molecule has 0 radical (unpaired) electrons. The van der Waals surface area contributed by atoms with E-state index >= 15 is 0 Å². The highest BCUT2D eigenvalue weighted by molar-refractivity contribution is 4.76. The molecular formula is C21H40O2. The molecule has 1 aliphatic carbocycles. The third-order valence-electron chi connectivity index (χ3n) is 6.03. The van der Waals surface area contributed by atoms with Gasteiger partial charge in [-0.25, -0.2) is 0 Å². The Balaban J connectivity index is 1.83. The normalized spacial score (nSPS) is 36.7. The van der Waals surface area contributed by atoms with E-state index in [1.165, 1.54) is 83.5 Å². The smallest absolute Gasteiger partial charge is 0.161 e. The quantitative estimate of drug-likeness (QED) is 0.579. The lowest BCUT2D eigenvalue weighted by atomic mass is 9.87. The standard InChI is InChI=1S/C21H40O2/c1-17-16-18(2)22-21(19(17)3)23-20-14-12-10-8-6-4-5-7-9-11-13-15-20/h17-21H,4-16H2,1-3H3/t17?,18?,19-,21+/m1/s1. The summed E-state index contributed by atoms with van der Waals surface area (Å²) in [6.07, 6.45) is 18.4. The summed E-state index contributed by atoms with van der Waals surface area (Å²) in [5, 5.41) is 0. The summed E-state index contributed by atoms with van der Waals surface area (Å²) in [5.41, 5.74) is 0. The van der Waals surface area contributed by atoms with E-state index in [1.807, 2.05) is 0 Å². The molecule has 0 amide bonds. The van der Waals surface area contributed by atoms with Crippen LogP contribution in [0.3, 0.4) is 0 Å². The van der Waals surface area contributed by atoms with Crippen molar-refractivity contribution in [2.24, 2.45) is 11.8 Å². The topological polar surface area (TPSA) is 18.5 Å². The molecule has 23 heavy (non-hydrogen) atoms. The van der Waals surface area contributed by atoms with Gasteiger partial charge in [0.1, 0.15) is 0 Å². The molecule has 0 aromatic carbocycles. The van der Waals surface area contributed by atoms with Crippen LogP contribution >= 0.6 is 0 Å². The van der Waals surface area contributed by atoms with E-state index in [0.717, 1.165) is 0 Å². The number of hydrogen-bond acceptors (Lipinski definition) is 2. The molecule has 0 aromatic heterocycles. The monoisotopic (exact) mass is 324 g/mol. The van der Waals surface area contributed by atoms with Crippen molar-refractivity contribution in [3.63, 3.8) is 0 Å². The lowest BCUT2D eigenvalue weighted by Crippen LogP contribution is -2.41. The highest BCUT2D eigenvalue weighted by atomic mass is 16.7. The molecule has 1 saturated carbocycles. The molecule has 1 saturated heterocycles. The maximum absolute atomic E-state index is 6.50. The van der Waals surface area contributed by atoms with Gasteiger partial charge in [0, 0.05) is 5.92 Å². The van der Waals surface area contributed by atoms with Gasteiger partial charge in [-0.2, -0.15) is 0 Å². The summed E-state index contributed by atoms with van der Waals surface area (Å²) < 4.78 is 12.6. The Kier molecular flexibility index (Phi) is 8.97. The average Bonchev–Trinajstić information content (AvgIpc) is 2.54. The lowest BCUT2D eigenvalue weighted by Gasteiger charge is -2.39. The minimum Gasteiger partial charge on any atom is -0.349 e. The van der Waals surface area contributed by atoms with Gasteiger partial charge in [-0.05, 0) is 32.1 Å². The Morgan fingerprint density at radius 2 is 1.17 bits per heavy atom. The van der Waals surface area contributed by atoms with E-state index in [1.54, 1.807) is 0 Å². The van der Waals surface area contributed by atoms with Crippen LogP contribution in [-0.2, 0) is 9.47 Å². The first-order valence-electron chi connectivity index (χ1n) is 10.5. The summed E-state index contributed by atoms with van der Waals surface area (Å²) in [6, 6.07) is 0. The summed E-state index contributed by atoms with van der Waals surface area (Å²) in [6.45, 7) is 6.86. The first-order chi connectivity index (χ1) is 11.2. The van der Waals surface area contributed by atoms with Crippen molar-refractivity contribution in [1.29, 1.82) is 0 Å². The van der Waals surface area contributed by atoms with Crippen LogP contribution in [0.15, 0.2) is 0 Å². The third-order valence-corrected chi connectivity index (χ3v) is 6.03. The molecule has 136 valence electrons. The van der Waals surface area contributed by atoms with Crippen LogP contribution in [0.25, 0.3) is 0 Å². The van der Waals surface area contributed by atoms with E-state index in [4.69, 9.17) is 9.47 Å². The second-order valence-electron chi connectivity index (χ2n) is 8.26. The van der Waals surface area contributed by atoms with Gasteiger partial charge in [-0.3, -0.25) is 0 Å². The van der Waals surface area contributed by atoms with Gasteiger partial charge in [0.05, 0.1) is 12.2 Å². The van der Waals surface area contributed by atoms with Gasteiger partial charge in [-0.15, -0.1) is 0 Å². The fraction of sp³-hybridized carbons (Fsp3) is 1.00. The fourth-order valence-corrected chi connectivity index (χ4v) is 4.20. The maximum Gasteiger partial charge on any atom is 0.161 e. The average molecular weight is 325 g/mol. The van der Waals surface area contributed by atoms with Gasteiger partial charge in [0.15, 0.2) is 6.29 Å². The number of ether oxygens (including phenoxy) is 2. The Labute approximate surface area is 144 Å². The van der Waals surface area contributed by atoms with Gasteiger partial charge < -0.3 is 9.47 Å².